The second-order valence-corrected chi connectivity index (χ2v) is 5.54. The molecule has 0 unspecified atom stereocenters. The Kier molecular flexibility index (Phi) is 4.66. The average molecular weight is 335 g/mol. The number of hydrogen-bond acceptors (Lipinski definition) is 4. The van der Waals surface area contributed by atoms with Crippen molar-refractivity contribution in [2.24, 2.45) is 5.73 Å². The van der Waals surface area contributed by atoms with Gasteiger partial charge in [0, 0.05) is 5.56 Å². The molecule has 5 heteroatoms. The van der Waals surface area contributed by atoms with Gasteiger partial charge in [-0.15, -0.1) is 0 Å². The van der Waals surface area contributed by atoms with Gasteiger partial charge in [-0.05, 0) is 40.6 Å². The van der Waals surface area contributed by atoms with E-state index in [-0.39, 0.29) is 6.61 Å². The molecule has 0 heterocycles. The summed E-state index contributed by atoms with van der Waals surface area (Å²) < 4.78 is 10.7. The highest BCUT2D eigenvalue weighted by atomic mass is 16.5. The lowest BCUT2D eigenvalue weighted by Gasteiger charge is -2.11. The Balaban J connectivity index is 1.78. The fourth-order valence-corrected chi connectivity index (χ4v) is 2.54. The van der Waals surface area contributed by atoms with E-state index in [1.807, 2.05) is 30.3 Å². The normalized spacial score (nSPS) is 10.4. The highest BCUT2D eigenvalue weighted by Gasteiger charge is 2.15. The molecule has 0 spiro atoms. The molecule has 0 fully saturated rings. The number of primary amides is 1. The molecule has 0 aromatic heterocycles. The molecule has 3 rings (SSSR count). The maximum atomic E-state index is 12.4. The van der Waals surface area contributed by atoms with Gasteiger partial charge in [-0.1, -0.05) is 36.4 Å². The van der Waals surface area contributed by atoms with Crippen molar-refractivity contribution in [2.75, 3.05) is 7.11 Å². The molecule has 0 radical (unpaired) electrons. The van der Waals surface area contributed by atoms with Crippen LogP contribution >= 0.6 is 0 Å². The zero-order chi connectivity index (χ0) is 17.8. The van der Waals surface area contributed by atoms with Gasteiger partial charge >= 0.3 is 5.97 Å². The van der Waals surface area contributed by atoms with Crippen molar-refractivity contribution in [2.45, 2.75) is 6.61 Å². The number of rotatable bonds is 5. The smallest absolute Gasteiger partial charge is 0.342 e. The van der Waals surface area contributed by atoms with E-state index in [1.54, 1.807) is 30.3 Å². The molecule has 0 saturated heterocycles. The zero-order valence-electron chi connectivity index (χ0n) is 13.7. The number of esters is 1. The molecule has 3 aromatic rings. The first kappa shape index (κ1) is 16.5. The Morgan fingerprint density at radius 1 is 0.960 bits per heavy atom. The number of ether oxygens (including phenoxy) is 2. The summed E-state index contributed by atoms with van der Waals surface area (Å²) in [6.07, 6.45) is 0. The number of carbonyl (C=O) groups is 2. The summed E-state index contributed by atoms with van der Waals surface area (Å²) in [4.78, 5) is 23.5. The van der Waals surface area contributed by atoms with Crippen molar-refractivity contribution in [3.8, 4) is 5.75 Å². The molecule has 0 aliphatic heterocycles. The van der Waals surface area contributed by atoms with Gasteiger partial charge in [0.1, 0.15) is 17.9 Å². The van der Waals surface area contributed by atoms with E-state index >= 15 is 0 Å². The number of benzene rings is 3. The molecule has 0 bridgehead atoms. The number of fused-ring (bicyclic) bond motifs is 1. The van der Waals surface area contributed by atoms with Crippen molar-refractivity contribution in [1.82, 2.24) is 0 Å². The molecule has 25 heavy (non-hydrogen) atoms. The van der Waals surface area contributed by atoms with Crippen molar-refractivity contribution in [3.05, 3.63) is 77.4 Å². The minimum Gasteiger partial charge on any atom is -0.496 e. The molecular weight excluding hydrogens is 318 g/mol. The average Bonchev–Trinajstić information content (AvgIpc) is 2.65. The third-order valence-corrected chi connectivity index (χ3v) is 3.90. The summed E-state index contributed by atoms with van der Waals surface area (Å²) in [5, 5.41) is 1.92. The van der Waals surface area contributed by atoms with E-state index in [2.05, 4.69) is 0 Å². The first-order valence-corrected chi connectivity index (χ1v) is 7.71. The summed E-state index contributed by atoms with van der Waals surface area (Å²) in [5.74, 6) is -0.501. The highest BCUT2D eigenvalue weighted by Crippen LogP contribution is 2.26. The van der Waals surface area contributed by atoms with Crippen LogP contribution in [0.4, 0.5) is 0 Å². The lowest BCUT2D eigenvalue weighted by atomic mass is 10.1. The molecular formula is C20H17NO4. The van der Waals surface area contributed by atoms with Crippen molar-refractivity contribution < 1.29 is 19.1 Å². The fourth-order valence-electron chi connectivity index (χ4n) is 2.54. The lowest BCUT2D eigenvalue weighted by molar-refractivity contribution is 0.0469. The number of carbonyl (C=O) groups excluding carboxylic acids is 2. The van der Waals surface area contributed by atoms with Gasteiger partial charge in [-0.3, -0.25) is 4.79 Å². The monoisotopic (exact) mass is 335 g/mol. The maximum Gasteiger partial charge on any atom is 0.342 e. The second-order valence-electron chi connectivity index (χ2n) is 5.54. The minimum absolute atomic E-state index is 0.0911. The van der Waals surface area contributed by atoms with Crippen LogP contribution < -0.4 is 10.5 Å². The predicted molar refractivity (Wildman–Crippen MR) is 94.6 cm³/mol. The summed E-state index contributed by atoms with van der Waals surface area (Å²) in [6, 6.07) is 17.9. The van der Waals surface area contributed by atoms with Gasteiger partial charge in [0.05, 0.1) is 7.11 Å². The molecule has 0 aliphatic carbocycles. The van der Waals surface area contributed by atoms with E-state index < -0.39 is 11.9 Å². The van der Waals surface area contributed by atoms with Gasteiger partial charge in [0.15, 0.2) is 0 Å². The number of methoxy groups -OCH3 is 1. The number of nitrogens with two attached hydrogens (primary N) is 1. The van der Waals surface area contributed by atoms with Crippen LogP contribution in [0.1, 0.15) is 26.3 Å². The lowest BCUT2D eigenvalue weighted by Crippen LogP contribution is -2.11. The topological polar surface area (TPSA) is 78.6 Å². The first-order valence-electron chi connectivity index (χ1n) is 7.71. The zero-order valence-corrected chi connectivity index (χ0v) is 13.7. The van der Waals surface area contributed by atoms with Crippen LogP contribution in [-0.2, 0) is 11.3 Å². The summed E-state index contributed by atoms with van der Waals surface area (Å²) in [7, 11) is 1.52. The van der Waals surface area contributed by atoms with Crippen LogP contribution in [0, 0.1) is 0 Å². The molecule has 0 atom stereocenters. The largest absolute Gasteiger partial charge is 0.496 e. The second kappa shape index (κ2) is 7.05. The number of hydrogen-bond donors (Lipinski definition) is 1. The van der Waals surface area contributed by atoms with Crippen LogP contribution in [0.5, 0.6) is 5.75 Å². The van der Waals surface area contributed by atoms with Gasteiger partial charge in [-0.2, -0.15) is 0 Å². The Labute approximate surface area is 145 Å². The Bertz CT molecular complexity index is 932. The molecule has 0 saturated carbocycles. The summed E-state index contributed by atoms with van der Waals surface area (Å²) in [6.45, 7) is 0.0911. The Morgan fingerprint density at radius 3 is 2.20 bits per heavy atom. The number of amides is 1. The summed E-state index contributed by atoms with van der Waals surface area (Å²) >= 11 is 0. The standard InChI is InChI=1S/C20H17NO4/c1-24-18-11-16-5-3-2-4-15(16)10-17(18)20(23)25-12-13-6-8-14(9-7-13)19(21)22/h2-11H,12H2,1H3,(H2,21,22). The van der Waals surface area contributed by atoms with E-state index in [1.165, 1.54) is 7.11 Å². The first-order chi connectivity index (χ1) is 12.1. The molecule has 0 aliphatic rings. The van der Waals surface area contributed by atoms with Gasteiger partial charge in [-0.25, -0.2) is 4.79 Å². The molecule has 126 valence electrons. The fraction of sp³-hybridized carbons (Fsp3) is 0.100. The predicted octanol–water partition coefficient (Wildman–Crippen LogP) is 3.30. The van der Waals surface area contributed by atoms with Gasteiger partial charge in [0.2, 0.25) is 5.91 Å². The van der Waals surface area contributed by atoms with Crippen molar-refractivity contribution in [3.63, 3.8) is 0 Å². The maximum absolute atomic E-state index is 12.4. The van der Waals surface area contributed by atoms with E-state index in [4.69, 9.17) is 15.2 Å². The van der Waals surface area contributed by atoms with Crippen LogP contribution in [-0.4, -0.2) is 19.0 Å². The Morgan fingerprint density at radius 2 is 1.60 bits per heavy atom. The van der Waals surface area contributed by atoms with Gasteiger partial charge in [0.25, 0.3) is 0 Å². The molecule has 5 nitrogen and oxygen atoms in total. The minimum atomic E-state index is -0.496. The van der Waals surface area contributed by atoms with Crippen LogP contribution in [0.15, 0.2) is 60.7 Å². The highest BCUT2D eigenvalue weighted by molar-refractivity contribution is 5.98. The van der Waals surface area contributed by atoms with Crippen molar-refractivity contribution in [1.29, 1.82) is 0 Å². The molecule has 1 amide bonds. The van der Waals surface area contributed by atoms with Crippen LogP contribution in [0.25, 0.3) is 10.8 Å². The van der Waals surface area contributed by atoms with Gasteiger partial charge < -0.3 is 15.2 Å². The molecule has 3 aromatic carbocycles. The summed E-state index contributed by atoms with van der Waals surface area (Å²) in [5.41, 5.74) is 6.74. The van der Waals surface area contributed by atoms with Crippen LogP contribution in [0.2, 0.25) is 0 Å². The third kappa shape index (κ3) is 3.61. The van der Waals surface area contributed by atoms with Crippen molar-refractivity contribution >= 4 is 22.6 Å². The van der Waals surface area contributed by atoms with E-state index in [0.717, 1.165) is 16.3 Å². The third-order valence-electron chi connectivity index (χ3n) is 3.90. The van der Waals surface area contributed by atoms with Crippen LogP contribution in [0.3, 0.4) is 0 Å². The van der Waals surface area contributed by atoms with E-state index in [9.17, 15) is 9.59 Å². The van der Waals surface area contributed by atoms with E-state index in [0.29, 0.717) is 16.9 Å². The Hall–Kier alpha value is -3.34. The molecule has 2 N–H and O–H groups in total. The quantitative estimate of drug-likeness (QED) is 0.726. The SMILES string of the molecule is COc1cc2ccccc2cc1C(=O)OCc1ccc(C(N)=O)cc1.